The van der Waals surface area contributed by atoms with E-state index in [0.717, 1.165) is 23.4 Å². The Hall–Kier alpha value is -0.870. The highest BCUT2D eigenvalue weighted by atomic mass is 32.1. The van der Waals surface area contributed by atoms with Crippen LogP contribution in [0.1, 0.15) is 48.3 Å². The van der Waals surface area contributed by atoms with Crippen LogP contribution in [-0.4, -0.2) is 35.1 Å². The first kappa shape index (κ1) is 13.6. The van der Waals surface area contributed by atoms with Gasteiger partial charge in [-0.25, -0.2) is 0 Å². The Kier molecular flexibility index (Phi) is 4.07. The molecule has 0 radical (unpaired) electrons. The van der Waals surface area contributed by atoms with Gasteiger partial charge in [-0.3, -0.25) is 4.79 Å². The van der Waals surface area contributed by atoms with Gasteiger partial charge in [-0.1, -0.05) is 13.8 Å². The van der Waals surface area contributed by atoms with Gasteiger partial charge in [-0.15, -0.1) is 11.3 Å². The molecule has 0 aliphatic carbocycles. The minimum absolute atomic E-state index is 0.136. The Morgan fingerprint density at radius 2 is 2.22 bits per heavy atom. The van der Waals surface area contributed by atoms with Crippen LogP contribution in [0.5, 0.6) is 0 Å². The molecule has 1 fully saturated rings. The van der Waals surface area contributed by atoms with Crippen LogP contribution in [0.15, 0.2) is 11.4 Å². The third kappa shape index (κ3) is 2.59. The molecule has 2 rings (SSSR count). The number of aliphatic hydroxyl groups excluding tert-OH is 1. The molecule has 0 bridgehead atoms. The molecule has 1 N–H and O–H groups in total. The van der Waals surface area contributed by atoms with Gasteiger partial charge >= 0.3 is 0 Å². The first-order chi connectivity index (χ1) is 8.50. The van der Waals surface area contributed by atoms with Crippen molar-refractivity contribution in [3.8, 4) is 0 Å². The van der Waals surface area contributed by atoms with Crippen molar-refractivity contribution in [1.29, 1.82) is 0 Å². The van der Waals surface area contributed by atoms with Crippen LogP contribution in [0, 0.1) is 5.92 Å². The van der Waals surface area contributed by atoms with E-state index < -0.39 is 0 Å². The number of nitrogens with zero attached hydrogens (tertiary/aromatic N) is 1. The Labute approximate surface area is 112 Å². The number of aliphatic hydroxyl groups is 1. The monoisotopic (exact) mass is 267 g/mol. The number of carbonyl (C=O) groups is 1. The molecule has 2 unspecified atom stereocenters. The lowest BCUT2D eigenvalue weighted by Crippen LogP contribution is -2.30. The van der Waals surface area contributed by atoms with E-state index >= 15 is 0 Å². The lowest BCUT2D eigenvalue weighted by molar-refractivity contribution is 0.0766. The zero-order valence-corrected chi connectivity index (χ0v) is 12.0. The summed E-state index contributed by atoms with van der Waals surface area (Å²) < 4.78 is 0. The second-order valence-corrected chi connectivity index (χ2v) is 6.32. The van der Waals surface area contributed by atoms with Crippen LogP contribution in [-0.2, 0) is 0 Å². The first-order valence-electron chi connectivity index (χ1n) is 6.55. The second-order valence-electron chi connectivity index (χ2n) is 5.40. The maximum absolute atomic E-state index is 12.5. The van der Waals surface area contributed by atoms with Crippen molar-refractivity contribution < 1.29 is 9.90 Å². The maximum atomic E-state index is 12.5. The van der Waals surface area contributed by atoms with E-state index in [-0.39, 0.29) is 17.9 Å². The number of hydrogen-bond acceptors (Lipinski definition) is 3. The van der Waals surface area contributed by atoms with Crippen molar-refractivity contribution in [2.24, 2.45) is 5.92 Å². The van der Waals surface area contributed by atoms with Crippen LogP contribution in [0.4, 0.5) is 0 Å². The second kappa shape index (κ2) is 5.41. The normalized spacial score (nSPS) is 21.6. The molecule has 0 spiro atoms. The van der Waals surface area contributed by atoms with Gasteiger partial charge < -0.3 is 10.0 Å². The molecule has 1 aliphatic rings. The molecule has 1 aromatic rings. The average molecular weight is 267 g/mol. The number of likely N-dealkylation sites (tertiary alicyclic amines) is 1. The van der Waals surface area contributed by atoms with E-state index in [2.05, 4.69) is 13.8 Å². The number of amides is 1. The average Bonchev–Trinajstić information content (AvgIpc) is 2.97. The first-order valence-corrected chi connectivity index (χ1v) is 7.43. The van der Waals surface area contributed by atoms with Gasteiger partial charge in [-0.2, -0.15) is 0 Å². The van der Waals surface area contributed by atoms with Crippen molar-refractivity contribution in [1.82, 2.24) is 4.90 Å². The highest BCUT2D eigenvalue weighted by Crippen LogP contribution is 2.28. The highest BCUT2D eigenvalue weighted by Gasteiger charge is 2.31. The Balaban J connectivity index is 2.11. The molecule has 0 aromatic carbocycles. The predicted octanol–water partition coefficient (Wildman–Crippen LogP) is 2.71. The maximum Gasteiger partial charge on any atom is 0.264 e. The molecule has 3 nitrogen and oxygen atoms in total. The molecule has 1 aliphatic heterocycles. The molecule has 1 amide bonds. The van der Waals surface area contributed by atoms with Gasteiger partial charge in [-0.05, 0) is 36.3 Å². The van der Waals surface area contributed by atoms with Crippen molar-refractivity contribution in [2.45, 2.75) is 39.2 Å². The van der Waals surface area contributed by atoms with Crippen molar-refractivity contribution in [3.63, 3.8) is 0 Å². The standard InChI is InChI=1S/C14H21NO2S/c1-9(2)12-5-7-18-13(12)14(17)15-6-4-11(8-15)10(3)16/h5,7,9-11,16H,4,6,8H2,1-3H3. The largest absolute Gasteiger partial charge is 0.393 e. The Morgan fingerprint density at radius 1 is 1.50 bits per heavy atom. The summed E-state index contributed by atoms with van der Waals surface area (Å²) in [6.07, 6.45) is 0.585. The fourth-order valence-electron chi connectivity index (χ4n) is 2.46. The van der Waals surface area contributed by atoms with Gasteiger partial charge in [0.2, 0.25) is 0 Å². The molecule has 1 aromatic heterocycles. The van der Waals surface area contributed by atoms with E-state index in [0.29, 0.717) is 12.5 Å². The summed E-state index contributed by atoms with van der Waals surface area (Å²) in [6.45, 7) is 7.49. The van der Waals surface area contributed by atoms with E-state index in [9.17, 15) is 9.90 Å². The van der Waals surface area contributed by atoms with Gasteiger partial charge in [0, 0.05) is 19.0 Å². The summed E-state index contributed by atoms with van der Waals surface area (Å²) in [6, 6.07) is 2.05. The molecule has 1 saturated heterocycles. The minimum Gasteiger partial charge on any atom is -0.393 e. The van der Waals surface area contributed by atoms with Gasteiger partial charge in [0.15, 0.2) is 0 Å². The smallest absolute Gasteiger partial charge is 0.264 e. The Bertz CT molecular complexity index is 425. The zero-order valence-electron chi connectivity index (χ0n) is 11.2. The topological polar surface area (TPSA) is 40.5 Å². The van der Waals surface area contributed by atoms with Crippen molar-refractivity contribution >= 4 is 17.2 Å². The van der Waals surface area contributed by atoms with Crippen LogP contribution in [0.3, 0.4) is 0 Å². The SMILES string of the molecule is CC(C)c1ccsc1C(=O)N1CCC(C(C)O)C1. The van der Waals surface area contributed by atoms with E-state index in [1.54, 1.807) is 0 Å². The molecular weight excluding hydrogens is 246 g/mol. The number of carbonyl (C=O) groups excluding carboxylic acids is 1. The molecule has 18 heavy (non-hydrogen) atoms. The molecule has 2 heterocycles. The van der Waals surface area contributed by atoms with Crippen LogP contribution in [0.25, 0.3) is 0 Å². The lowest BCUT2D eigenvalue weighted by atomic mass is 10.0. The Morgan fingerprint density at radius 3 is 2.78 bits per heavy atom. The number of rotatable bonds is 3. The van der Waals surface area contributed by atoms with Crippen LogP contribution < -0.4 is 0 Å². The fourth-order valence-corrected chi connectivity index (χ4v) is 3.48. The third-order valence-corrected chi connectivity index (χ3v) is 4.62. The van der Waals surface area contributed by atoms with Crippen LogP contribution >= 0.6 is 11.3 Å². The third-order valence-electron chi connectivity index (χ3n) is 3.71. The molecule has 2 atom stereocenters. The van der Waals surface area contributed by atoms with E-state index in [1.807, 2.05) is 23.3 Å². The van der Waals surface area contributed by atoms with Crippen LogP contribution in [0.2, 0.25) is 0 Å². The van der Waals surface area contributed by atoms with Crippen molar-refractivity contribution in [2.75, 3.05) is 13.1 Å². The summed E-state index contributed by atoms with van der Waals surface area (Å²) >= 11 is 1.53. The summed E-state index contributed by atoms with van der Waals surface area (Å²) in [5.41, 5.74) is 1.14. The van der Waals surface area contributed by atoms with Gasteiger partial charge in [0.05, 0.1) is 11.0 Å². The van der Waals surface area contributed by atoms with Gasteiger partial charge in [0.1, 0.15) is 0 Å². The predicted molar refractivity (Wildman–Crippen MR) is 74.1 cm³/mol. The number of hydrogen-bond donors (Lipinski definition) is 1. The van der Waals surface area contributed by atoms with E-state index in [4.69, 9.17) is 0 Å². The van der Waals surface area contributed by atoms with E-state index in [1.165, 1.54) is 11.3 Å². The van der Waals surface area contributed by atoms with Gasteiger partial charge in [0.25, 0.3) is 5.91 Å². The fraction of sp³-hybridized carbons (Fsp3) is 0.643. The quantitative estimate of drug-likeness (QED) is 0.914. The molecular formula is C14H21NO2S. The zero-order chi connectivity index (χ0) is 13.3. The molecule has 100 valence electrons. The van der Waals surface area contributed by atoms with Crippen molar-refractivity contribution in [3.05, 3.63) is 21.9 Å². The lowest BCUT2D eigenvalue weighted by Gasteiger charge is -2.18. The molecule has 4 heteroatoms. The minimum atomic E-state index is -0.323. The summed E-state index contributed by atoms with van der Waals surface area (Å²) in [5.74, 6) is 0.749. The molecule has 0 saturated carbocycles. The summed E-state index contributed by atoms with van der Waals surface area (Å²) in [4.78, 5) is 15.2. The summed E-state index contributed by atoms with van der Waals surface area (Å²) in [5, 5.41) is 11.6. The number of thiophene rings is 1. The summed E-state index contributed by atoms with van der Waals surface area (Å²) in [7, 11) is 0. The highest BCUT2D eigenvalue weighted by molar-refractivity contribution is 7.12.